The fourth-order valence-corrected chi connectivity index (χ4v) is 3.27. The van der Waals surface area contributed by atoms with Crippen LogP contribution in [0, 0.1) is 11.8 Å². The maximum atomic E-state index is 12.3. The first-order valence-electron chi connectivity index (χ1n) is 6.19. The molecular formula is C13H17NO4S. The summed E-state index contributed by atoms with van der Waals surface area (Å²) in [6.45, 7) is 5.80. The monoisotopic (exact) mass is 283 g/mol. The SMILES string of the molecule is CC1OC(C)C(C(=O)Nc2sccc2C(=O)O)C1C. The van der Waals surface area contributed by atoms with Crippen molar-refractivity contribution in [1.82, 2.24) is 0 Å². The van der Waals surface area contributed by atoms with Crippen molar-refractivity contribution in [3.63, 3.8) is 0 Å². The van der Waals surface area contributed by atoms with E-state index in [1.165, 1.54) is 17.4 Å². The summed E-state index contributed by atoms with van der Waals surface area (Å²) in [6, 6.07) is 1.49. The van der Waals surface area contributed by atoms with Crippen LogP contribution in [-0.4, -0.2) is 29.2 Å². The normalized spacial score (nSPS) is 30.3. The number of carboxylic acid groups (broad SMARTS) is 1. The third-order valence-corrected chi connectivity index (χ3v) is 4.51. The van der Waals surface area contributed by atoms with Crippen LogP contribution >= 0.6 is 11.3 Å². The van der Waals surface area contributed by atoms with E-state index in [2.05, 4.69) is 5.32 Å². The number of nitrogens with one attached hydrogen (secondary N) is 1. The minimum Gasteiger partial charge on any atom is -0.478 e. The second-order valence-corrected chi connectivity index (χ2v) is 5.81. The van der Waals surface area contributed by atoms with Gasteiger partial charge in [-0.3, -0.25) is 4.79 Å². The highest BCUT2D eigenvalue weighted by atomic mass is 32.1. The minimum absolute atomic E-state index is 0.0352. The number of ether oxygens (including phenoxy) is 1. The van der Waals surface area contributed by atoms with E-state index in [9.17, 15) is 9.59 Å². The highest BCUT2D eigenvalue weighted by Gasteiger charge is 2.41. The smallest absolute Gasteiger partial charge is 0.338 e. The van der Waals surface area contributed by atoms with Gasteiger partial charge in [-0.05, 0) is 31.2 Å². The number of carbonyl (C=O) groups is 2. The molecule has 0 aliphatic carbocycles. The molecule has 2 heterocycles. The second-order valence-electron chi connectivity index (χ2n) is 4.89. The van der Waals surface area contributed by atoms with E-state index in [0.29, 0.717) is 5.00 Å². The molecule has 0 aromatic carbocycles. The number of thiophene rings is 1. The number of amides is 1. The molecule has 1 amide bonds. The first kappa shape index (κ1) is 14.0. The summed E-state index contributed by atoms with van der Waals surface area (Å²) in [4.78, 5) is 23.3. The summed E-state index contributed by atoms with van der Waals surface area (Å²) in [6.07, 6.45) is -0.119. The summed E-state index contributed by atoms with van der Waals surface area (Å²) in [5, 5.41) is 13.8. The molecule has 5 nitrogen and oxygen atoms in total. The lowest BCUT2D eigenvalue weighted by atomic mass is 9.89. The van der Waals surface area contributed by atoms with Crippen molar-refractivity contribution in [2.24, 2.45) is 11.8 Å². The molecule has 19 heavy (non-hydrogen) atoms. The van der Waals surface area contributed by atoms with E-state index in [1.54, 1.807) is 5.38 Å². The van der Waals surface area contributed by atoms with Crippen LogP contribution in [-0.2, 0) is 9.53 Å². The Labute approximate surface area is 115 Å². The molecule has 4 atom stereocenters. The molecule has 4 unspecified atom stereocenters. The topological polar surface area (TPSA) is 75.6 Å². The molecule has 1 fully saturated rings. The minimum atomic E-state index is -1.03. The molecule has 104 valence electrons. The van der Waals surface area contributed by atoms with Crippen molar-refractivity contribution < 1.29 is 19.4 Å². The largest absolute Gasteiger partial charge is 0.478 e. The van der Waals surface area contributed by atoms with Crippen LogP contribution in [0.15, 0.2) is 11.4 Å². The molecule has 1 aliphatic heterocycles. The van der Waals surface area contributed by atoms with Crippen molar-refractivity contribution in [2.75, 3.05) is 5.32 Å². The van der Waals surface area contributed by atoms with Crippen molar-refractivity contribution in [1.29, 1.82) is 0 Å². The van der Waals surface area contributed by atoms with Gasteiger partial charge in [-0.15, -0.1) is 11.3 Å². The van der Waals surface area contributed by atoms with Crippen molar-refractivity contribution in [2.45, 2.75) is 33.0 Å². The third-order valence-electron chi connectivity index (χ3n) is 3.68. The van der Waals surface area contributed by atoms with E-state index in [1.807, 2.05) is 20.8 Å². The number of rotatable bonds is 3. The fourth-order valence-electron chi connectivity index (χ4n) is 2.49. The van der Waals surface area contributed by atoms with Crippen LogP contribution in [0.25, 0.3) is 0 Å². The van der Waals surface area contributed by atoms with Crippen LogP contribution in [0.2, 0.25) is 0 Å². The number of hydrogen-bond donors (Lipinski definition) is 2. The highest BCUT2D eigenvalue weighted by molar-refractivity contribution is 7.14. The maximum Gasteiger partial charge on any atom is 0.338 e. The Morgan fingerprint density at radius 3 is 2.53 bits per heavy atom. The average molecular weight is 283 g/mol. The van der Waals surface area contributed by atoms with E-state index >= 15 is 0 Å². The molecule has 6 heteroatoms. The zero-order chi connectivity index (χ0) is 14.2. The number of aromatic carboxylic acids is 1. The van der Waals surface area contributed by atoms with Crippen LogP contribution in [0.1, 0.15) is 31.1 Å². The lowest BCUT2D eigenvalue weighted by molar-refractivity contribution is -0.121. The first-order chi connectivity index (χ1) is 8.91. The Bertz CT molecular complexity index is 499. The summed E-state index contributed by atoms with van der Waals surface area (Å²) in [5.74, 6) is -1.34. The van der Waals surface area contributed by atoms with Crippen molar-refractivity contribution >= 4 is 28.2 Å². The van der Waals surface area contributed by atoms with Gasteiger partial charge in [0, 0.05) is 0 Å². The molecule has 0 bridgehead atoms. The Morgan fingerprint density at radius 2 is 2.00 bits per heavy atom. The van der Waals surface area contributed by atoms with Gasteiger partial charge < -0.3 is 15.2 Å². The van der Waals surface area contributed by atoms with Gasteiger partial charge in [0.15, 0.2) is 0 Å². The van der Waals surface area contributed by atoms with Gasteiger partial charge >= 0.3 is 5.97 Å². The number of hydrogen-bond acceptors (Lipinski definition) is 4. The first-order valence-corrected chi connectivity index (χ1v) is 7.07. The molecule has 2 rings (SSSR count). The van der Waals surface area contributed by atoms with Crippen molar-refractivity contribution in [3.05, 3.63) is 17.0 Å². The summed E-state index contributed by atoms with van der Waals surface area (Å²) >= 11 is 1.21. The third kappa shape index (κ3) is 2.64. The molecule has 1 saturated heterocycles. The van der Waals surface area contributed by atoms with Crippen LogP contribution in [0.3, 0.4) is 0 Å². The summed E-state index contributed by atoms with van der Waals surface area (Å²) in [7, 11) is 0. The van der Waals surface area contributed by atoms with Gasteiger partial charge in [-0.25, -0.2) is 4.79 Å². The molecule has 0 saturated carbocycles. The van der Waals surface area contributed by atoms with E-state index in [-0.39, 0.29) is 35.5 Å². The molecule has 2 N–H and O–H groups in total. The van der Waals surface area contributed by atoms with Gasteiger partial charge in [0.1, 0.15) is 5.00 Å². The lowest BCUT2D eigenvalue weighted by Crippen LogP contribution is -2.32. The Kier molecular flexibility index (Phi) is 3.91. The summed E-state index contributed by atoms with van der Waals surface area (Å²) in [5.41, 5.74) is 0.130. The second kappa shape index (κ2) is 5.30. The zero-order valence-electron chi connectivity index (χ0n) is 11.0. The molecular weight excluding hydrogens is 266 g/mol. The molecule has 0 radical (unpaired) electrons. The van der Waals surface area contributed by atoms with Gasteiger partial charge in [0.2, 0.25) is 5.91 Å². The quantitative estimate of drug-likeness (QED) is 0.893. The van der Waals surface area contributed by atoms with Gasteiger partial charge in [-0.2, -0.15) is 0 Å². The maximum absolute atomic E-state index is 12.3. The standard InChI is InChI=1S/C13H17NO4S/c1-6-7(2)18-8(3)10(6)11(15)14-12-9(13(16)17)4-5-19-12/h4-8,10H,1-3H3,(H,14,15)(H,16,17). The highest BCUT2D eigenvalue weighted by Crippen LogP contribution is 2.34. The summed E-state index contributed by atoms with van der Waals surface area (Å²) < 4.78 is 5.63. The Hall–Kier alpha value is -1.40. The molecule has 1 aromatic heterocycles. The fraction of sp³-hybridized carbons (Fsp3) is 0.538. The van der Waals surface area contributed by atoms with Crippen LogP contribution < -0.4 is 5.32 Å². The van der Waals surface area contributed by atoms with Gasteiger partial charge in [-0.1, -0.05) is 6.92 Å². The number of carbonyl (C=O) groups excluding carboxylic acids is 1. The zero-order valence-corrected chi connectivity index (χ0v) is 11.9. The van der Waals surface area contributed by atoms with Gasteiger partial charge in [0.05, 0.1) is 23.7 Å². The van der Waals surface area contributed by atoms with Crippen LogP contribution in [0.5, 0.6) is 0 Å². The molecule has 0 spiro atoms. The predicted molar refractivity (Wildman–Crippen MR) is 72.6 cm³/mol. The molecule has 1 aromatic rings. The Morgan fingerprint density at radius 1 is 1.32 bits per heavy atom. The van der Waals surface area contributed by atoms with Crippen LogP contribution in [0.4, 0.5) is 5.00 Å². The van der Waals surface area contributed by atoms with E-state index < -0.39 is 5.97 Å². The number of anilines is 1. The Balaban J connectivity index is 2.13. The average Bonchev–Trinajstić information content (AvgIpc) is 2.85. The van der Waals surface area contributed by atoms with E-state index in [4.69, 9.17) is 9.84 Å². The lowest BCUT2D eigenvalue weighted by Gasteiger charge is -2.17. The number of carboxylic acids is 1. The van der Waals surface area contributed by atoms with Crippen molar-refractivity contribution in [3.8, 4) is 0 Å². The predicted octanol–water partition coefficient (Wildman–Crippen LogP) is 2.44. The molecule has 1 aliphatic rings. The van der Waals surface area contributed by atoms with E-state index in [0.717, 1.165) is 0 Å². The van der Waals surface area contributed by atoms with Gasteiger partial charge in [0.25, 0.3) is 0 Å².